The largest absolute Gasteiger partial charge is 0.395 e. The molecular weight excluding hydrogens is 230 g/mol. The molecule has 84 valence electrons. The molecule has 0 saturated heterocycles. The first-order valence-electron chi connectivity index (χ1n) is 4.53. The van der Waals surface area contributed by atoms with Gasteiger partial charge in [0.2, 0.25) is 0 Å². The third-order valence-electron chi connectivity index (χ3n) is 1.98. The van der Waals surface area contributed by atoms with Gasteiger partial charge >= 0.3 is 0 Å². The van der Waals surface area contributed by atoms with Crippen molar-refractivity contribution in [2.45, 2.75) is 6.54 Å². The van der Waals surface area contributed by atoms with Gasteiger partial charge in [0, 0.05) is 0 Å². The molecule has 0 unspecified atom stereocenters. The van der Waals surface area contributed by atoms with Crippen molar-refractivity contribution in [2.75, 3.05) is 6.61 Å². The normalized spacial score (nSPS) is 10.6. The molecule has 0 saturated carbocycles. The van der Waals surface area contributed by atoms with Crippen molar-refractivity contribution in [3.8, 4) is 11.5 Å². The molecule has 2 heterocycles. The summed E-state index contributed by atoms with van der Waals surface area (Å²) in [7, 11) is 0. The van der Waals surface area contributed by atoms with E-state index in [1.165, 1.54) is 12.4 Å². The molecule has 0 spiro atoms. The highest BCUT2D eigenvalue weighted by atomic mass is 32.1. The first-order valence-corrected chi connectivity index (χ1v) is 4.94. The van der Waals surface area contributed by atoms with E-state index in [1.807, 2.05) is 0 Å². The number of aliphatic hydroxyl groups excluding tert-OH is 1. The van der Waals surface area contributed by atoms with Crippen LogP contribution in [0.3, 0.4) is 0 Å². The summed E-state index contributed by atoms with van der Waals surface area (Å²) in [5.74, 6) is 0.448. The molecule has 0 radical (unpaired) electrons. The monoisotopic (exact) mass is 239 g/mol. The van der Waals surface area contributed by atoms with Crippen LogP contribution < -0.4 is 5.56 Å². The summed E-state index contributed by atoms with van der Waals surface area (Å²) in [5, 5.41) is 15.5. The Morgan fingerprint density at radius 3 is 3.00 bits per heavy atom. The topological polar surface area (TPSA) is 99.6 Å². The maximum Gasteiger partial charge on any atom is 0.266 e. The lowest BCUT2D eigenvalue weighted by Crippen LogP contribution is -2.10. The first kappa shape index (κ1) is 10.7. The lowest BCUT2D eigenvalue weighted by molar-refractivity contribution is 0.276. The van der Waals surface area contributed by atoms with Crippen LogP contribution in [0.2, 0.25) is 0 Å². The van der Waals surface area contributed by atoms with Crippen molar-refractivity contribution in [1.29, 1.82) is 0 Å². The number of hydrogen-bond donors (Lipinski definition) is 3. The summed E-state index contributed by atoms with van der Waals surface area (Å²) in [6.07, 6.45) is 2.64. The Morgan fingerprint density at radius 2 is 2.31 bits per heavy atom. The summed E-state index contributed by atoms with van der Waals surface area (Å²) in [6.45, 7) is 0.243. The summed E-state index contributed by atoms with van der Waals surface area (Å²) in [6, 6.07) is 0. The molecule has 8 heteroatoms. The number of nitrogens with zero attached hydrogens (tertiary/aromatic N) is 3. The summed E-state index contributed by atoms with van der Waals surface area (Å²) < 4.78 is 1.97. The van der Waals surface area contributed by atoms with Gasteiger partial charge in [-0.1, -0.05) is 0 Å². The first-order chi connectivity index (χ1) is 7.72. The average Bonchev–Trinajstić information content (AvgIpc) is 2.61. The summed E-state index contributed by atoms with van der Waals surface area (Å²) in [4.78, 5) is 17.4. The Balaban J connectivity index is 2.56. The van der Waals surface area contributed by atoms with E-state index in [0.717, 1.165) is 0 Å². The molecule has 0 aliphatic rings. The second-order valence-electron chi connectivity index (χ2n) is 3.04. The van der Waals surface area contributed by atoms with Crippen LogP contribution in [0.15, 0.2) is 17.2 Å². The van der Waals surface area contributed by atoms with E-state index in [1.54, 1.807) is 4.57 Å². The third kappa shape index (κ3) is 1.92. The zero-order chi connectivity index (χ0) is 11.5. The maximum absolute atomic E-state index is 11.1. The molecule has 2 rings (SSSR count). The number of hydrogen-bond acceptors (Lipinski definition) is 5. The van der Waals surface area contributed by atoms with Gasteiger partial charge in [-0.2, -0.15) is 5.10 Å². The molecule has 0 fully saturated rings. The van der Waals surface area contributed by atoms with Gasteiger partial charge in [0.1, 0.15) is 5.69 Å². The molecule has 16 heavy (non-hydrogen) atoms. The molecule has 0 atom stereocenters. The highest BCUT2D eigenvalue weighted by Gasteiger charge is 2.09. The minimum absolute atomic E-state index is 0.0642. The summed E-state index contributed by atoms with van der Waals surface area (Å²) >= 11 is 4.99. The van der Waals surface area contributed by atoms with E-state index >= 15 is 0 Å². The molecule has 0 bridgehead atoms. The molecule has 0 amide bonds. The zero-order valence-corrected chi connectivity index (χ0v) is 8.99. The fourth-order valence-corrected chi connectivity index (χ4v) is 1.54. The molecule has 2 aromatic rings. The summed E-state index contributed by atoms with van der Waals surface area (Å²) in [5.41, 5.74) is 0.135. The number of nitrogens with one attached hydrogen (secondary N) is 2. The second-order valence-corrected chi connectivity index (χ2v) is 3.42. The van der Waals surface area contributed by atoms with Crippen LogP contribution in [0.5, 0.6) is 0 Å². The van der Waals surface area contributed by atoms with Gasteiger partial charge in [-0.3, -0.25) is 19.4 Å². The SMILES string of the molecule is O=c1cncc(-c2n[nH]c(=S)n2CCO)[nH]1. The quantitative estimate of drug-likeness (QED) is 0.638. The Hall–Kier alpha value is -1.80. The fourth-order valence-electron chi connectivity index (χ4n) is 1.32. The predicted molar refractivity (Wildman–Crippen MR) is 58.3 cm³/mol. The van der Waals surface area contributed by atoms with Crippen LogP contribution in [-0.4, -0.2) is 36.4 Å². The highest BCUT2D eigenvalue weighted by Crippen LogP contribution is 2.11. The highest BCUT2D eigenvalue weighted by molar-refractivity contribution is 7.71. The smallest absolute Gasteiger partial charge is 0.266 e. The molecule has 0 aliphatic carbocycles. The minimum Gasteiger partial charge on any atom is -0.395 e. The van der Waals surface area contributed by atoms with E-state index in [9.17, 15) is 4.79 Å². The van der Waals surface area contributed by atoms with Crippen molar-refractivity contribution >= 4 is 12.2 Å². The Kier molecular flexibility index (Phi) is 2.93. The van der Waals surface area contributed by atoms with Gasteiger partial charge in [-0.25, -0.2) is 0 Å². The van der Waals surface area contributed by atoms with Crippen molar-refractivity contribution in [1.82, 2.24) is 24.7 Å². The van der Waals surface area contributed by atoms with E-state index in [-0.39, 0.29) is 12.2 Å². The predicted octanol–water partition coefficient (Wildman–Crippen LogP) is -0.317. The third-order valence-corrected chi connectivity index (χ3v) is 2.29. The number of rotatable bonds is 3. The second kappa shape index (κ2) is 4.37. The minimum atomic E-state index is -0.318. The number of H-pyrrole nitrogens is 2. The van der Waals surface area contributed by atoms with Crippen molar-refractivity contribution in [3.63, 3.8) is 0 Å². The lowest BCUT2D eigenvalue weighted by Gasteiger charge is -2.03. The van der Waals surface area contributed by atoms with Crippen LogP contribution >= 0.6 is 12.2 Å². The molecule has 2 aromatic heterocycles. The molecule has 0 aromatic carbocycles. The molecule has 7 nitrogen and oxygen atoms in total. The van der Waals surface area contributed by atoms with Crippen LogP contribution in [0.25, 0.3) is 11.5 Å². The van der Waals surface area contributed by atoms with Gasteiger partial charge in [-0.15, -0.1) is 0 Å². The van der Waals surface area contributed by atoms with E-state index in [4.69, 9.17) is 17.3 Å². The Bertz CT molecular complexity index is 599. The fraction of sp³-hybridized carbons (Fsp3) is 0.250. The number of aliphatic hydroxyl groups is 1. The van der Waals surface area contributed by atoms with Gasteiger partial charge in [-0.05, 0) is 12.2 Å². The Morgan fingerprint density at radius 1 is 1.50 bits per heavy atom. The van der Waals surface area contributed by atoms with Crippen LogP contribution in [0.4, 0.5) is 0 Å². The zero-order valence-electron chi connectivity index (χ0n) is 8.17. The van der Waals surface area contributed by atoms with Gasteiger partial charge in [0.25, 0.3) is 5.56 Å². The van der Waals surface area contributed by atoms with Crippen LogP contribution in [0, 0.1) is 4.77 Å². The van der Waals surface area contributed by atoms with E-state index in [2.05, 4.69) is 20.2 Å². The van der Waals surface area contributed by atoms with E-state index < -0.39 is 0 Å². The van der Waals surface area contributed by atoms with Crippen molar-refractivity contribution < 1.29 is 5.11 Å². The molecular formula is C8H9N5O2S. The Labute approximate surface area is 94.8 Å². The van der Waals surface area contributed by atoms with Crippen molar-refractivity contribution in [2.24, 2.45) is 0 Å². The van der Waals surface area contributed by atoms with Crippen LogP contribution in [0.1, 0.15) is 0 Å². The average molecular weight is 239 g/mol. The number of aromatic nitrogens is 5. The van der Waals surface area contributed by atoms with Crippen molar-refractivity contribution in [3.05, 3.63) is 27.5 Å². The maximum atomic E-state index is 11.1. The van der Waals surface area contributed by atoms with Gasteiger partial charge < -0.3 is 10.1 Å². The molecule has 3 N–H and O–H groups in total. The standard InChI is InChI=1S/C8H9N5O2S/c14-2-1-13-7(11-12-8(13)16)5-3-9-4-6(15)10-5/h3-4,14H,1-2H2,(H,10,15)(H,12,16). The van der Waals surface area contributed by atoms with Crippen LogP contribution in [-0.2, 0) is 6.54 Å². The molecule has 0 aliphatic heterocycles. The van der Waals surface area contributed by atoms with E-state index in [0.29, 0.717) is 22.8 Å². The van der Waals surface area contributed by atoms with Gasteiger partial charge in [0.05, 0.1) is 25.5 Å². The number of aromatic amines is 2. The van der Waals surface area contributed by atoms with Gasteiger partial charge in [0.15, 0.2) is 10.6 Å². The lowest BCUT2D eigenvalue weighted by atomic mass is 10.4.